The number of hydrogen-bond donors (Lipinski definition) is 1. The molecule has 0 spiro atoms. The Kier molecular flexibility index (Phi) is 4.11. The van der Waals surface area contributed by atoms with Gasteiger partial charge in [-0.2, -0.15) is 5.26 Å². The summed E-state index contributed by atoms with van der Waals surface area (Å²) in [6, 6.07) is 13.7. The number of phenols is 1. The molecule has 0 radical (unpaired) electrons. The van der Waals surface area contributed by atoms with Crippen LogP contribution in [0.3, 0.4) is 0 Å². The van der Waals surface area contributed by atoms with Gasteiger partial charge in [0.05, 0.1) is 11.6 Å². The first-order chi connectivity index (χ1) is 9.10. The molecule has 0 aliphatic carbocycles. The maximum Gasteiger partial charge on any atom is 0.122 e. The number of aromatic hydroxyl groups is 1. The van der Waals surface area contributed by atoms with Crippen molar-refractivity contribution >= 4 is 34.9 Å². The molecule has 0 saturated carbocycles. The second kappa shape index (κ2) is 5.79. The fourth-order valence-corrected chi connectivity index (χ4v) is 1.91. The van der Waals surface area contributed by atoms with E-state index in [1.807, 2.05) is 0 Å². The smallest absolute Gasteiger partial charge is 0.122 e. The van der Waals surface area contributed by atoms with Crippen LogP contribution in [-0.2, 0) is 0 Å². The fraction of sp³-hybridized carbons (Fsp3) is 0. The van der Waals surface area contributed by atoms with E-state index in [4.69, 9.17) is 23.2 Å². The quantitative estimate of drug-likeness (QED) is 0.640. The van der Waals surface area contributed by atoms with Gasteiger partial charge in [-0.1, -0.05) is 35.3 Å². The van der Waals surface area contributed by atoms with Crippen molar-refractivity contribution in [2.24, 2.45) is 0 Å². The molecule has 0 aliphatic rings. The number of phenolic OH excluding ortho intramolecular Hbond substituents is 1. The van der Waals surface area contributed by atoms with Crippen LogP contribution in [0.25, 0.3) is 11.6 Å². The van der Waals surface area contributed by atoms with Gasteiger partial charge >= 0.3 is 0 Å². The van der Waals surface area contributed by atoms with E-state index in [9.17, 15) is 10.4 Å². The molecule has 2 aromatic carbocycles. The van der Waals surface area contributed by atoms with E-state index in [1.54, 1.807) is 42.5 Å². The summed E-state index contributed by atoms with van der Waals surface area (Å²) in [5.41, 5.74) is 1.65. The Morgan fingerprint density at radius 2 is 1.68 bits per heavy atom. The number of nitriles is 1. The Morgan fingerprint density at radius 1 is 1.05 bits per heavy atom. The molecule has 0 bridgehead atoms. The molecule has 0 fully saturated rings. The number of benzene rings is 2. The van der Waals surface area contributed by atoms with Crippen LogP contribution in [0.2, 0.25) is 10.0 Å². The minimum absolute atomic E-state index is 0.0751. The minimum Gasteiger partial charge on any atom is -0.507 e. The third-order valence-electron chi connectivity index (χ3n) is 2.57. The summed E-state index contributed by atoms with van der Waals surface area (Å²) in [4.78, 5) is 0. The van der Waals surface area contributed by atoms with Crippen LogP contribution in [0.15, 0.2) is 42.5 Å². The maximum absolute atomic E-state index is 9.74. The highest BCUT2D eigenvalue weighted by molar-refractivity contribution is 6.31. The first-order valence-electron chi connectivity index (χ1n) is 5.46. The number of nitrogens with zero attached hydrogens (tertiary/aromatic N) is 1. The van der Waals surface area contributed by atoms with Gasteiger partial charge in [-0.3, -0.25) is 0 Å². The van der Waals surface area contributed by atoms with E-state index >= 15 is 0 Å². The van der Waals surface area contributed by atoms with Gasteiger partial charge in [0.15, 0.2) is 0 Å². The van der Waals surface area contributed by atoms with E-state index in [2.05, 4.69) is 6.07 Å². The van der Waals surface area contributed by atoms with Crippen LogP contribution >= 0.6 is 23.2 Å². The molecule has 19 heavy (non-hydrogen) atoms. The zero-order valence-corrected chi connectivity index (χ0v) is 11.3. The average Bonchev–Trinajstić information content (AvgIpc) is 2.41. The van der Waals surface area contributed by atoms with Gasteiger partial charge < -0.3 is 5.11 Å². The monoisotopic (exact) mass is 289 g/mol. The lowest BCUT2D eigenvalue weighted by Crippen LogP contribution is -1.82. The summed E-state index contributed by atoms with van der Waals surface area (Å²) in [6.07, 6.45) is 1.59. The van der Waals surface area contributed by atoms with Gasteiger partial charge in [-0.15, -0.1) is 0 Å². The van der Waals surface area contributed by atoms with E-state index in [0.717, 1.165) is 5.56 Å². The van der Waals surface area contributed by atoms with Gasteiger partial charge in [-0.05, 0) is 42.0 Å². The summed E-state index contributed by atoms with van der Waals surface area (Å²) in [5.74, 6) is 0.0751. The lowest BCUT2D eigenvalue weighted by Gasteiger charge is -2.03. The minimum atomic E-state index is 0.0751. The Balaban J connectivity index is 2.47. The standard InChI is InChI=1S/C15H9Cl2NO/c16-13-3-1-10(2-4-13)12(9-18)7-11-8-14(17)5-6-15(11)19/h1-8,19H/b12-7+. The fourth-order valence-electron chi connectivity index (χ4n) is 1.61. The zero-order valence-electron chi connectivity index (χ0n) is 9.77. The van der Waals surface area contributed by atoms with Gasteiger partial charge in [0.25, 0.3) is 0 Å². The first-order valence-corrected chi connectivity index (χ1v) is 6.22. The molecule has 1 N–H and O–H groups in total. The van der Waals surface area contributed by atoms with Crippen molar-refractivity contribution in [2.75, 3.05) is 0 Å². The van der Waals surface area contributed by atoms with E-state index in [0.29, 0.717) is 21.2 Å². The highest BCUT2D eigenvalue weighted by Crippen LogP contribution is 2.26. The summed E-state index contributed by atoms with van der Waals surface area (Å²) >= 11 is 11.7. The molecule has 0 aliphatic heterocycles. The third kappa shape index (κ3) is 3.29. The van der Waals surface area contributed by atoms with Crippen molar-refractivity contribution in [1.82, 2.24) is 0 Å². The van der Waals surface area contributed by atoms with Crippen LogP contribution in [0.1, 0.15) is 11.1 Å². The molecule has 2 rings (SSSR count). The van der Waals surface area contributed by atoms with E-state index in [1.165, 1.54) is 6.07 Å². The first kappa shape index (κ1) is 13.5. The van der Waals surface area contributed by atoms with Crippen LogP contribution < -0.4 is 0 Å². The molecule has 2 nitrogen and oxygen atoms in total. The molecule has 4 heteroatoms. The highest BCUT2D eigenvalue weighted by Gasteiger charge is 2.04. The normalized spacial score (nSPS) is 11.1. The summed E-state index contributed by atoms with van der Waals surface area (Å²) < 4.78 is 0. The lowest BCUT2D eigenvalue weighted by molar-refractivity contribution is 0.474. The largest absolute Gasteiger partial charge is 0.507 e. The van der Waals surface area contributed by atoms with Crippen LogP contribution in [0.5, 0.6) is 5.75 Å². The van der Waals surface area contributed by atoms with Gasteiger partial charge in [0, 0.05) is 15.6 Å². The number of hydrogen-bond acceptors (Lipinski definition) is 2. The molecular weight excluding hydrogens is 281 g/mol. The topological polar surface area (TPSA) is 44.0 Å². The molecule has 0 amide bonds. The summed E-state index contributed by atoms with van der Waals surface area (Å²) in [7, 11) is 0. The predicted molar refractivity (Wildman–Crippen MR) is 78.1 cm³/mol. The second-order valence-corrected chi connectivity index (χ2v) is 4.75. The SMILES string of the molecule is N#C/C(=C\c1cc(Cl)ccc1O)c1ccc(Cl)cc1. The molecule has 0 unspecified atom stereocenters. The lowest BCUT2D eigenvalue weighted by atomic mass is 10.0. The van der Waals surface area contributed by atoms with Crippen LogP contribution in [-0.4, -0.2) is 5.11 Å². The Hall–Kier alpha value is -1.95. The predicted octanol–water partition coefficient (Wildman–Crippen LogP) is 4.76. The molecule has 0 aromatic heterocycles. The van der Waals surface area contributed by atoms with Crippen molar-refractivity contribution in [3.63, 3.8) is 0 Å². The Bertz CT molecular complexity index is 670. The van der Waals surface area contributed by atoms with E-state index < -0.39 is 0 Å². The van der Waals surface area contributed by atoms with E-state index in [-0.39, 0.29) is 5.75 Å². The van der Waals surface area contributed by atoms with Gasteiger partial charge in [0.2, 0.25) is 0 Å². The van der Waals surface area contributed by atoms with Crippen LogP contribution in [0, 0.1) is 11.3 Å². The Labute approximate surface area is 121 Å². The summed E-state index contributed by atoms with van der Waals surface area (Å²) in [5, 5.41) is 20.0. The van der Waals surface area contributed by atoms with Crippen molar-refractivity contribution in [3.05, 3.63) is 63.6 Å². The summed E-state index contributed by atoms with van der Waals surface area (Å²) in [6.45, 7) is 0. The van der Waals surface area contributed by atoms with Crippen LogP contribution in [0.4, 0.5) is 0 Å². The zero-order chi connectivity index (χ0) is 13.8. The number of halogens is 2. The molecule has 2 aromatic rings. The molecule has 94 valence electrons. The Morgan fingerprint density at radius 3 is 2.32 bits per heavy atom. The molecule has 0 heterocycles. The second-order valence-electron chi connectivity index (χ2n) is 3.88. The third-order valence-corrected chi connectivity index (χ3v) is 3.05. The van der Waals surface area contributed by atoms with Gasteiger partial charge in [0.1, 0.15) is 5.75 Å². The van der Waals surface area contributed by atoms with Crippen molar-refractivity contribution in [2.45, 2.75) is 0 Å². The van der Waals surface area contributed by atoms with Gasteiger partial charge in [-0.25, -0.2) is 0 Å². The highest BCUT2D eigenvalue weighted by atomic mass is 35.5. The van der Waals surface area contributed by atoms with Crippen molar-refractivity contribution < 1.29 is 5.11 Å². The molecule has 0 atom stereocenters. The number of rotatable bonds is 2. The van der Waals surface area contributed by atoms with Crippen molar-refractivity contribution in [3.8, 4) is 11.8 Å². The van der Waals surface area contributed by atoms with Crippen molar-refractivity contribution in [1.29, 1.82) is 5.26 Å². The average molecular weight is 290 g/mol. The molecule has 0 saturated heterocycles. The number of allylic oxidation sites excluding steroid dienone is 1. The molecular formula is C15H9Cl2NO. The maximum atomic E-state index is 9.74.